The molecule has 112 valence electrons. The van der Waals surface area contributed by atoms with Crippen LogP contribution in [0.3, 0.4) is 0 Å². The lowest BCUT2D eigenvalue weighted by atomic mass is 9.91. The minimum Gasteiger partial charge on any atom is -0.496 e. The number of rotatable bonds is 5. The van der Waals surface area contributed by atoms with Crippen molar-refractivity contribution in [3.63, 3.8) is 0 Å². The summed E-state index contributed by atoms with van der Waals surface area (Å²) in [6.45, 7) is 6.40. The fraction of sp³-hybridized carbons (Fsp3) is 0.667. The van der Waals surface area contributed by atoms with Gasteiger partial charge in [-0.1, -0.05) is 0 Å². The first kappa shape index (κ1) is 15.6. The van der Waals surface area contributed by atoms with Gasteiger partial charge in [0.15, 0.2) is 0 Å². The molecule has 0 aromatic carbocycles. The van der Waals surface area contributed by atoms with Crippen LogP contribution in [0.4, 0.5) is 0 Å². The quantitative estimate of drug-likeness (QED) is 0.645. The van der Waals surface area contributed by atoms with Gasteiger partial charge >= 0.3 is 0 Å². The lowest BCUT2D eigenvalue weighted by molar-refractivity contribution is 0.393. The molecule has 1 aliphatic heterocycles. The van der Waals surface area contributed by atoms with Gasteiger partial charge in [0, 0.05) is 40.2 Å². The van der Waals surface area contributed by atoms with Gasteiger partial charge in [0.05, 0.1) is 7.11 Å². The zero-order valence-corrected chi connectivity index (χ0v) is 13.6. The second-order valence-corrected chi connectivity index (χ2v) is 7.36. The van der Waals surface area contributed by atoms with Crippen LogP contribution in [0.5, 0.6) is 5.75 Å². The lowest BCUT2D eigenvalue weighted by Gasteiger charge is -2.33. The molecule has 2 atom stereocenters. The maximum Gasteiger partial charge on any atom is 0.128 e. The number of aromatic nitrogens is 1. The van der Waals surface area contributed by atoms with Crippen LogP contribution in [0.25, 0.3) is 0 Å². The van der Waals surface area contributed by atoms with Crippen molar-refractivity contribution >= 4 is 11.8 Å². The molecule has 1 aromatic heterocycles. The Labute approximate surface area is 125 Å². The van der Waals surface area contributed by atoms with E-state index in [2.05, 4.69) is 24.3 Å². The van der Waals surface area contributed by atoms with E-state index in [4.69, 9.17) is 10.6 Å². The summed E-state index contributed by atoms with van der Waals surface area (Å²) in [5.74, 6) is 7.97. The van der Waals surface area contributed by atoms with Gasteiger partial charge in [-0.05, 0) is 39.4 Å². The second kappa shape index (κ2) is 6.33. The normalized spacial score (nSPS) is 23.9. The van der Waals surface area contributed by atoms with Gasteiger partial charge in [-0.2, -0.15) is 11.8 Å². The van der Waals surface area contributed by atoms with Gasteiger partial charge in [0.25, 0.3) is 0 Å². The van der Waals surface area contributed by atoms with Gasteiger partial charge in [-0.3, -0.25) is 16.3 Å². The molecule has 1 saturated heterocycles. The van der Waals surface area contributed by atoms with Gasteiger partial charge in [0.2, 0.25) is 0 Å². The van der Waals surface area contributed by atoms with E-state index < -0.39 is 0 Å². The minimum absolute atomic E-state index is 0.195. The molecule has 2 rings (SSSR count). The summed E-state index contributed by atoms with van der Waals surface area (Å²) in [6, 6.07) is 0.230. The molecule has 20 heavy (non-hydrogen) atoms. The highest BCUT2D eigenvalue weighted by Gasteiger charge is 2.37. The molecule has 0 saturated carbocycles. The number of nitrogens with two attached hydrogens (primary N) is 1. The predicted molar refractivity (Wildman–Crippen MR) is 85.2 cm³/mol. The van der Waals surface area contributed by atoms with Crippen LogP contribution in [0.2, 0.25) is 0 Å². The summed E-state index contributed by atoms with van der Waals surface area (Å²) in [7, 11) is 1.71. The van der Waals surface area contributed by atoms with Crippen molar-refractivity contribution < 1.29 is 4.74 Å². The summed E-state index contributed by atoms with van der Waals surface area (Å²) in [6.07, 6.45) is 5.19. The van der Waals surface area contributed by atoms with Crippen LogP contribution in [-0.2, 0) is 6.42 Å². The SMILES string of the molecule is COc1c(C)cnc(CC(NN)C2(C)CCCS2)c1C. The van der Waals surface area contributed by atoms with E-state index in [1.165, 1.54) is 18.6 Å². The Hall–Kier alpha value is -0.780. The van der Waals surface area contributed by atoms with Gasteiger partial charge in [-0.15, -0.1) is 0 Å². The standard InChI is InChI=1S/C15H25N3OS/c1-10-9-17-12(11(2)14(10)19-4)8-13(18-16)15(3)6-5-7-20-15/h9,13,18H,5-8,16H2,1-4H3. The Bertz CT molecular complexity index is 472. The fourth-order valence-electron chi connectivity index (χ4n) is 3.00. The van der Waals surface area contributed by atoms with Gasteiger partial charge < -0.3 is 4.74 Å². The number of nitrogens with zero attached hydrogens (tertiary/aromatic N) is 1. The van der Waals surface area contributed by atoms with Crippen molar-refractivity contribution in [1.82, 2.24) is 10.4 Å². The van der Waals surface area contributed by atoms with Crippen LogP contribution in [0, 0.1) is 13.8 Å². The first-order chi connectivity index (χ1) is 9.51. The summed E-state index contributed by atoms with van der Waals surface area (Å²) in [5.41, 5.74) is 6.28. The maximum atomic E-state index is 5.81. The molecule has 0 amide bonds. The Balaban J connectivity index is 2.24. The van der Waals surface area contributed by atoms with Crippen molar-refractivity contribution in [2.75, 3.05) is 12.9 Å². The van der Waals surface area contributed by atoms with Crippen LogP contribution >= 0.6 is 11.8 Å². The molecule has 0 aliphatic carbocycles. The van der Waals surface area contributed by atoms with Crippen molar-refractivity contribution in [1.29, 1.82) is 0 Å². The molecule has 5 heteroatoms. The molecule has 0 radical (unpaired) electrons. The zero-order chi connectivity index (χ0) is 14.8. The minimum atomic E-state index is 0.195. The number of hydrogen-bond donors (Lipinski definition) is 2. The van der Waals surface area contributed by atoms with E-state index in [1.807, 2.05) is 24.9 Å². The first-order valence-corrected chi connectivity index (χ1v) is 8.09. The molecular weight excluding hydrogens is 270 g/mol. The summed E-state index contributed by atoms with van der Waals surface area (Å²) in [4.78, 5) is 4.59. The van der Waals surface area contributed by atoms with Crippen LogP contribution in [-0.4, -0.2) is 28.6 Å². The largest absolute Gasteiger partial charge is 0.496 e. The molecule has 2 heterocycles. The number of pyridine rings is 1. The van der Waals surface area contributed by atoms with Gasteiger partial charge in [-0.25, -0.2) is 0 Å². The van der Waals surface area contributed by atoms with Crippen LogP contribution in [0.1, 0.15) is 36.6 Å². The third-order valence-corrected chi connectivity index (χ3v) is 5.98. The number of hydrogen-bond acceptors (Lipinski definition) is 5. The number of hydrazine groups is 1. The van der Waals surface area contributed by atoms with E-state index in [0.29, 0.717) is 0 Å². The summed E-state index contributed by atoms with van der Waals surface area (Å²) >= 11 is 2.01. The zero-order valence-electron chi connectivity index (χ0n) is 12.8. The number of thioether (sulfide) groups is 1. The third-order valence-electron chi connectivity index (χ3n) is 4.33. The smallest absolute Gasteiger partial charge is 0.128 e. The molecule has 1 aliphatic rings. The highest BCUT2D eigenvalue weighted by Crippen LogP contribution is 2.41. The number of ether oxygens (including phenoxy) is 1. The second-order valence-electron chi connectivity index (χ2n) is 5.73. The van der Waals surface area contributed by atoms with Crippen molar-refractivity contribution in [2.45, 2.75) is 50.8 Å². The highest BCUT2D eigenvalue weighted by molar-refractivity contribution is 8.00. The molecule has 0 bridgehead atoms. The predicted octanol–water partition coefficient (Wildman–Crippen LogP) is 2.37. The molecule has 1 fully saturated rings. The Morgan fingerprint density at radius 3 is 2.85 bits per heavy atom. The molecule has 1 aromatic rings. The molecule has 0 spiro atoms. The summed E-state index contributed by atoms with van der Waals surface area (Å²) in [5, 5.41) is 0. The Morgan fingerprint density at radius 1 is 1.55 bits per heavy atom. The van der Waals surface area contributed by atoms with Crippen molar-refractivity contribution in [3.8, 4) is 5.75 Å². The Kier molecular flexibility index (Phi) is 4.94. The van der Waals surface area contributed by atoms with E-state index in [0.717, 1.165) is 29.0 Å². The molecule has 2 unspecified atom stereocenters. The topological polar surface area (TPSA) is 60.2 Å². The maximum absolute atomic E-state index is 5.81. The number of methoxy groups -OCH3 is 1. The Morgan fingerprint density at radius 2 is 2.30 bits per heavy atom. The fourth-order valence-corrected chi connectivity index (χ4v) is 4.39. The van der Waals surface area contributed by atoms with E-state index in [-0.39, 0.29) is 10.8 Å². The van der Waals surface area contributed by atoms with Crippen LogP contribution < -0.4 is 16.0 Å². The lowest BCUT2D eigenvalue weighted by Crippen LogP contribution is -2.50. The van der Waals surface area contributed by atoms with E-state index >= 15 is 0 Å². The van der Waals surface area contributed by atoms with Gasteiger partial charge in [0.1, 0.15) is 5.75 Å². The van der Waals surface area contributed by atoms with Crippen molar-refractivity contribution in [2.24, 2.45) is 5.84 Å². The van der Waals surface area contributed by atoms with Crippen molar-refractivity contribution in [3.05, 3.63) is 23.0 Å². The first-order valence-electron chi connectivity index (χ1n) is 7.11. The summed E-state index contributed by atoms with van der Waals surface area (Å²) < 4.78 is 5.68. The van der Waals surface area contributed by atoms with E-state index in [1.54, 1.807) is 7.11 Å². The molecule has 3 N–H and O–H groups in total. The molecular formula is C15H25N3OS. The van der Waals surface area contributed by atoms with E-state index in [9.17, 15) is 0 Å². The third kappa shape index (κ3) is 2.95. The average molecular weight is 295 g/mol. The monoisotopic (exact) mass is 295 g/mol. The highest BCUT2D eigenvalue weighted by atomic mass is 32.2. The average Bonchev–Trinajstić information content (AvgIpc) is 2.86. The molecule has 4 nitrogen and oxygen atoms in total. The van der Waals surface area contributed by atoms with Crippen LogP contribution in [0.15, 0.2) is 6.20 Å². The number of aryl methyl sites for hydroxylation is 1. The number of nitrogens with one attached hydrogen (secondary N) is 1.